The van der Waals surface area contributed by atoms with Crippen molar-refractivity contribution in [2.24, 2.45) is 7.05 Å². The zero-order valence-corrected chi connectivity index (χ0v) is 18.1. The maximum absolute atomic E-state index is 13.3. The van der Waals surface area contributed by atoms with E-state index < -0.39 is 5.63 Å². The van der Waals surface area contributed by atoms with Gasteiger partial charge in [0.25, 0.3) is 5.91 Å². The monoisotopic (exact) mass is 435 g/mol. The highest BCUT2D eigenvalue weighted by atomic mass is 35.5. The molecule has 0 saturated carbocycles. The first kappa shape index (κ1) is 19.7. The topological polar surface area (TPSA) is 58.7 Å². The van der Waals surface area contributed by atoms with Crippen molar-refractivity contribution in [2.45, 2.75) is 6.92 Å². The van der Waals surface area contributed by atoms with Crippen LogP contribution in [0.25, 0.3) is 21.9 Å². The summed E-state index contributed by atoms with van der Waals surface area (Å²) < 4.78 is 7.25. The number of aryl methyl sites for hydroxylation is 2. The largest absolute Gasteiger partial charge is 0.422 e. The lowest BCUT2D eigenvalue weighted by Gasteiger charge is -2.37. The highest BCUT2D eigenvalue weighted by Gasteiger charge is 2.26. The van der Waals surface area contributed by atoms with Crippen molar-refractivity contribution in [3.8, 4) is 0 Å². The molecule has 0 aliphatic carbocycles. The summed E-state index contributed by atoms with van der Waals surface area (Å²) in [6, 6.07) is 14.9. The third kappa shape index (κ3) is 3.27. The van der Waals surface area contributed by atoms with E-state index in [4.69, 9.17) is 16.0 Å². The van der Waals surface area contributed by atoms with E-state index in [1.165, 1.54) is 0 Å². The van der Waals surface area contributed by atoms with Gasteiger partial charge in [-0.05, 0) is 42.8 Å². The number of rotatable bonds is 2. The van der Waals surface area contributed by atoms with E-state index in [9.17, 15) is 9.59 Å². The van der Waals surface area contributed by atoms with Gasteiger partial charge in [-0.3, -0.25) is 4.79 Å². The molecule has 158 valence electrons. The van der Waals surface area contributed by atoms with Crippen molar-refractivity contribution in [3.63, 3.8) is 0 Å². The molecule has 1 amide bonds. The number of nitrogens with zero attached hydrogens (tertiary/aromatic N) is 3. The molecule has 7 heteroatoms. The zero-order chi connectivity index (χ0) is 21.7. The summed E-state index contributed by atoms with van der Waals surface area (Å²) in [6.07, 6.45) is 0. The Kier molecular flexibility index (Phi) is 4.74. The van der Waals surface area contributed by atoms with Crippen LogP contribution >= 0.6 is 11.6 Å². The lowest BCUT2D eigenvalue weighted by atomic mass is 10.1. The molecule has 0 unspecified atom stereocenters. The molecule has 1 aliphatic rings. The quantitative estimate of drug-likeness (QED) is 0.442. The number of anilines is 1. The van der Waals surface area contributed by atoms with Gasteiger partial charge in [-0.1, -0.05) is 29.8 Å². The molecule has 1 aliphatic heterocycles. The first-order chi connectivity index (χ1) is 14.9. The van der Waals surface area contributed by atoms with E-state index in [2.05, 4.69) is 11.8 Å². The number of benzene rings is 2. The van der Waals surface area contributed by atoms with Gasteiger partial charge in [0.15, 0.2) is 0 Å². The molecule has 2 aromatic carbocycles. The minimum absolute atomic E-state index is 0.0790. The van der Waals surface area contributed by atoms with Crippen LogP contribution in [0.4, 0.5) is 5.69 Å². The van der Waals surface area contributed by atoms with Gasteiger partial charge in [0.05, 0.1) is 10.9 Å². The van der Waals surface area contributed by atoms with E-state index in [0.717, 1.165) is 35.2 Å². The predicted octanol–water partition coefficient (Wildman–Crippen LogP) is 4.21. The standard InChI is InChI=1S/C24H22ClN3O3/c1-15-7-8-16(25)13-19(15)27-9-11-28(12-10-27)23(29)20-14-18-22(26(20)2)17-5-3-4-6-21(17)31-24(18)30/h3-8,13-14H,9-12H2,1-2H3. The van der Waals surface area contributed by atoms with Gasteiger partial charge >= 0.3 is 5.63 Å². The third-order valence-electron chi connectivity index (χ3n) is 6.10. The van der Waals surface area contributed by atoms with Crippen molar-refractivity contribution in [1.29, 1.82) is 0 Å². The van der Waals surface area contributed by atoms with Gasteiger partial charge in [-0.15, -0.1) is 0 Å². The minimum Gasteiger partial charge on any atom is -0.422 e. The Bertz CT molecular complexity index is 1380. The molecule has 2 aromatic heterocycles. The fourth-order valence-electron chi connectivity index (χ4n) is 4.43. The molecule has 4 aromatic rings. The first-order valence-electron chi connectivity index (χ1n) is 10.3. The van der Waals surface area contributed by atoms with Crippen LogP contribution in [0.15, 0.2) is 57.7 Å². The third-order valence-corrected chi connectivity index (χ3v) is 6.33. The van der Waals surface area contributed by atoms with Crippen LogP contribution in [0, 0.1) is 6.92 Å². The molecular formula is C24H22ClN3O3. The summed E-state index contributed by atoms with van der Waals surface area (Å²) in [5.74, 6) is -0.0790. The van der Waals surface area contributed by atoms with E-state index in [0.29, 0.717) is 34.8 Å². The second-order valence-electron chi connectivity index (χ2n) is 7.95. The fourth-order valence-corrected chi connectivity index (χ4v) is 4.60. The summed E-state index contributed by atoms with van der Waals surface area (Å²) in [5, 5.41) is 1.96. The zero-order valence-electron chi connectivity index (χ0n) is 17.4. The average Bonchev–Trinajstić information content (AvgIpc) is 3.13. The van der Waals surface area contributed by atoms with Gasteiger partial charge in [0, 0.05) is 49.3 Å². The van der Waals surface area contributed by atoms with E-state index in [1.54, 1.807) is 12.1 Å². The predicted molar refractivity (Wildman–Crippen MR) is 123 cm³/mol. The van der Waals surface area contributed by atoms with E-state index in [-0.39, 0.29) is 5.91 Å². The minimum atomic E-state index is -0.426. The van der Waals surface area contributed by atoms with Gasteiger partial charge in [-0.25, -0.2) is 4.79 Å². The molecule has 31 heavy (non-hydrogen) atoms. The number of carbonyl (C=O) groups excluding carboxylic acids is 1. The number of hydrogen-bond donors (Lipinski definition) is 0. The average molecular weight is 436 g/mol. The molecule has 1 fully saturated rings. The maximum atomic E-state index is 13.3. The molecule has 0 N–H and O–H groups in total. The van der Waals surface area contributed by atoms with E-state index >= 15 is 0 Å². The molecule has 1 saturated heterocycles. The number of halogens is 1. The molecule has 0 atom stereocenters. The number of piperazine rings is 1. The Morgan fingerprint density at radius 3 is 2.52 bits per heavy atom. The number of fused-ring (bicyclic) bond motifs is 3. The molecule has 0 spiro atoms. The van der Waals surface area contributed by atoms with Crippen molar-refractivity contribution >= 4 is 45.1 Å². The summed E-state index contributed by atoms with van der Waals surface area (Å²) in [5.41, 5.74) is 3.58. The molecule has 0 bridgehead atoms. The van der Waals surface area contributed by atoms with Gasteiger partial charge in [0.1, 0.15) is 11.3 Å². The van der Waals surface area contributed by atoms with Crippen LogP contribution in [-0.2, 0) is 7.05 Å². The summed E-state index contributed by atoms with van der Waals surface area (Å²) >= 11 is 6.18. The van der Waals surface area contributed by atoms with Crippen molar-refractivity contribution in [2.75, 3.05) is 31.1 Å². The Morgan fingerprint density at radius 2 is 1.74 bits per heavy atom. The first-order valence-corrected chi connectivity index (χ1v) is 10.6. The van der Waals surface area contributed by atoms with E-state index in [1.807, 2.05) is 52.9 Å². The van der Waals surface area contributed by atoms with Crippen LogP contribution in [0.5, 0.6) is 0 Å². The fraction of sp³-hybridized carbons (Fsp3) is 0.250. The van der Waals surface area contributed by atoms with Crippen LogP contribution in [0.2, 0.25) is 5.02 Å². The second-order valence-corrected chi connectivity index (χ2v) is 8.38. The summed E-state index contributed by atoms with van der Waals surface area (Å²) in [4.78, 5) is 29.9. The molecule has 3 heterocycles. The van der Waals surface area contributed by atoms with Crippen LogP contribution in [0.1, 0.15) is 16.1 Å². The Hall–Kier alpha value is -3.25. The molecule has 5 rings (SSSR count). The van der Waals surface area contributed by atoms with Crippen LogP contribution in [0.3, 0.4) is 0 Å². The Morgan fingerprint density at radius 1 is 1.00 bits per heavy atom. The summed E-state index contributed by atoms with van der Waals surface area (Å²) in [7, 11) is 1.83. The van der Waals surface area contributed by atoms with Crippen molar-refractivity contribution in [3.05, 3.63) is 75.2 Å². The smallest absolute Gasteiger partial charge is 0.345 e. The van der Waals surface area contributed by atoms with Crippen LogP contribution in [-0.4, -0.2) is 41.6 Å². The molecule has 0 radical (unpaired) electrons. The van der Waals surface area contributed by atoms with Gasteiger partial charge < -0.3 is 18.8 Å². The van der Waals surface area contributed by atoms with Crippen molar-refractivity contribution < 1.29 is 9.21 Å². The second kappa shape index (κ2) is 7.46. The van der Waals surface area contributed by atoms with Gasteiger partial charge in [-0.2, -0.15) is 0 Å². The molecular weight excluding hydrogens is 414 g/mol. The lowest BCUT2D eigenvalue weighted by Crippen LogP contribution is -2.49. The van der Waals surface area contributed by atoms with Crippen molar-refractivity contribution in [1.82, 2.24) is 9.47 Å². The molecule has 6 nitrogen and oxygen atoms in total. The number of carbonyl (C=O) groups is 1. The number of amides is 1. The normalized spacial score (nSPS) is 14.5. The number of para-hydroxylation sites is 1. The summed E-state index contributed by atoms with van der Waals surface area (Å²) in [6.45, 7) is 4.71. The number of aromatic nitrogens is 1. The SMILES string of the molecule is Cc1ccc(Cl)cc1N1CCN(C(=O)c2cc3c(=O)oc4ccccc4c3n2C)CC1. The lowest BCUT2D eigenvalue weighted by molar-refractivity contribution is 0.0737. The van der Waals surface area contributed by atoms with Crippen LogP contribution < -0.4 is 10.5 Å². The number of hydrogen-bond acceptors (Lipinski definition) is 4. The van der Waals surface area contributed by atoms with Gasteiger partial charge in [0.2, 0.25) is 0 Å². The highest BCUT2D eigenvalue weighted by Crippen LogP contribution is 2.28. The maximum Gasteiger partial charge on any atom is 0.345 e. The highest BCUT2D eigenvalue weighted by molar-refractivity contribution is 6.30. The Labute approximate surface area is 184 Å². The Balaban J connectivity index is 1.44.